The molecule has 0 aliphatic rings. The molecule has 4 nitrogen and oxygen atoms in total. The molecule has 0 spiro atoms. The number of hydrogen-bond donors (Lipinski definition) is 0. The Balaban J connectivity index is 3.27. The summed E-state index contributed by atoms with van der Waals surface area (Å²) in [6.45, 7) is 7.40. The Morgan fingerprint density at radius 2 is 1.21 bits per heavy atom. The van der Waals surface area contributed by atoms with Crippen molar-refractivity contribution in [2.24, 2.45) is 0 Å². The van der Waals surface area contributed by atoms with Crippen LogP contribution in [-0.4, -0.2) is 24.6 Å². The lowest BCUT2D eigenvalue weighted by Gasteiger charge is -2.12. The zero-order chi connectivity index (χ0) is 20.9. The summed E-state index contributed by atoms with van der Waals surface area (Å²) in [5.74, 6) is -0.706. The van der Waals surface area contributed by atoms with E-state index in [9.17, 15) is 9.59 Å². The van der Waals surface area contributed by atoms with Gasteiger partial charge in [-0.25, -0.2) is 4.79 Å². The summed E-state index contributed by atoms with van der Waals surface area (Å²) >= 11 is 0. The predicted molar refractivity (Wildman–Crippen MR) is 116 cm³/mol. The van der Waals surface area contributed by atoms with Crippen LogP contribution in [0.2, 0.25) is 0 Å². The maximum atomic E-state index is 11.7. The first-order valence-corrected chi connectivity index (χ1v) is 11.6. The summed E-state index contributed by atoms with van der Waals surface area (Å²) in [5.41, 5.74) is 0. The van der Waals surface area contributed by atoms with E-state index in [2.05, 4.69) is 13.5 Å². The fourth-order valence-corrected chi connectivity index (χ4v) is 3.20. The summed E-state index contributed by atoms with van der Waals surface area (Å²) in [6, 6.07) is 0. The first-order valence-electron chi connectivity index (χ1n) is 11.6. The topological polar surface area (TPSA) is 52.6 Å². The van der Waals surface area contributed by atoms with Crippen molar-refractivity contribution in [1.82, 2.24) is 0 Å². The van der Waals surface area contributed by atoms with Crippen LogP contribution in [-0.2, 0) is 19.1 Å². The molecule has 0 heterocycles. The van der Waals surface area contributed by atoms with E-state index >= 15 is 0 Å². The first-order chi connectivity index (χ1) is 13.6. The third-order valence-corrected chi connectivity index (χ3v) is 4.95. The lowest BCUT2D eigenvalue weighted by molar-refractivity contribution is -0.154. The van der Waals surface area contributed by atoms with E-state index in [4.69, 9.17) is 9.47 Å². The first kappa shape index (κ1) is 26.7. The Kier molecular flexibility index (Phi) is 19.5. The number of carbonyl (C=O) groups is 2. The van der Waals surface area contributed by atoms with Gasteiger partial charge in [-0.1, -0.05) is 103 Å². The van der Waals surface area contributed by atoms with Gasteiger partial charge in [0.05, 0.1) is 0 Å². The third kappa shape index (κ3) is 19.4. The van der Waals surface area contributed by atoms with Gasteiger partial charge in [-0.15, -0.1) is 0 Å². The molecule has 0 aromatic rings. The zero-order valence-corrected chi connectivity index (χ0v) is 18.5. The van der Waals surface area contributed by atoms with Crippen molar-refractivity contribution >= 4 is 11.9 Å². The Hall–Kier alpha value is -1.32. The van der Waals surface area contributed by atoms with Crippen molar-refractivity contribution in [2.45, 2.75) is 123 Å². The minimum absolute atomic E-state index is 0.108. The normalized spacial score (nSPS) is 11.8. The number of carbonyl (C=O) groups excluding carboxylic acids is 2. The van der Waals surface area contributed by atoms with Gasteiger partial charge in [-0.3, -0.25) is 4.79 Å². The smallest absolute Gasteiger partial charge is 0.330 e. The summed E-state index contributed by atoms with van der Waals surface area (Å²) in [7, 11) is 0. The highest BCUT2D eigenvalue weighted by Gasteiger charge is 2.10. The fourth-order valence-electron chi connectivity index (χ4n) is 3.20. The zero-order valence-electron chi connectivity index (χ0n) is 18.5. The lowest BCUT2D eigenvalue weighted by atomic mass is 10.0. The van der Waals surface area contributed by atoms with Crippen molar-refractivity contribution in [3.05, 3.63) is 12.7 Å². The van der Waals surface area contributed by atoms with Crippen molar-refractivity contribution in [1.29, 1.82) is 0 Å². The highest BCUT2D eigenvalue weighted by molar-refractivity contribution is 5.81. The van der Waals surface area contributed by atoms with Crippen LogP contribution in [0.15, 0.2) is 12.7 Å². The molecule has 0 rings (SSSR count). The summed E-state index contributed by atoms with van der Waals surface area (Å²) in [6.07, 6.45) is 20.7. The second kappa shape index (κ2) is 20.4. The summed E-state index contributed by atoms with van der Waals surface area (Å²) in [5, 5.41) is 0. The van der Waals surface area contributed by atoms with Gasteiger partial charge in [0, 0.05) is 12.5 Å². The highest BCUT2D eigenvalue weighted by Crippen LogP contribution is 2.13. The molecule has 1 unspecified atom stereocenters. The van der Waals surface area contributed by atoms with Gasteiger partial charge in [0.25, 0.3) is 0 Å². The maximum absolute atomic E-state index is 11.7. The monoisotopic (exact) mass is 396 g/mol. The fraction of sp³-hybridized carbons (Fsp3) is 0.833. The molecule has 0 saturated heterocycles. The van der Waals surface area contributed by atoms with E-state index in [1.165, 1.54) is 83.5 Å². The van der Waals surface area contributed by atoms with E-state index in [0.717, 1.165) is 18.9 Å². The second-order valence-electron chi connectivity index (χ2n) is 7.83. The van der Waals surface area contributed by atoms with Crippen LogP contribution in [0.3, 0.4) is 0 Å². The molecule has 0 aliphatic heterocycles. The average molecular weight is 397 g/mol. The molecule has 0 amide bonds. The number of esters is 2. The Morgan fingerprint density at radius 1 is 0.786 bits per heavy atom. The van der Waals surface area contributed by atoms with E-state index in [1.54, 1.807) is 6.92 Å². The number of unbranched alkanes of at least 4 members (excludes halogenated alkanes) is 14. The van der Waals surface area contributed by atoms with Gasteiger partial charge in [0.1, 0.15) is 12.7 Å². The average Bonchev–Trinajstić information content (AvgIpc) is 2.69. The van der Waals surface area contributed by atoms with Gasteiger partial charge in [-0.2, -0.15) is 0 Å². The van der Waals surface area contributed by atoms with Crippen LogP contribution < -0.4 is 0 Å². The number of rotatable bonds is 20. The minimum Gasteiger partial charge on any atom is -0.462 e. The Labute approximate surface area is 173 Å². The molecular weight excluding hydrogens is 352 g/mol. The van der Waals surface area contributed by atoms with Gasteiger partial charge >= 0.3 is 11.9 Å². The summed E-state index contributed by atoms with van der Waals surface area (Å²) in [4.78, 5) is 22.7. The van der Waals surface area contributed by atoms with Crippen molar-refractivity contribution in [2.75, 3.05) is 6.61 Å². The lowest BCUT2D eigenvalue weighted by Crippen LogP contribution is -2.21. The molecule has 164 valence electrons. The van der Waals surface area contributed by atoms with Gasteiger partial charge in [0.2, 0.25) is 0 Å². The van der Waals surface area contributed by atoms with E-state index in [-0.39, 0.29) is 12.6 Å². The van der Waals surface area contributed by atoms with Crippen LogP contribution in [0.1, 0.15) is 117 Å². The molecule has 0 radical (unpaired) electrons. The third-order valence-electron chi connectivity index (χ3n) is 4.95. The molecule has 0 bridgehead atoms. The molecule has 1 atom stereocenters. The van der Waals surface area contributed by atoms with Crippen molar-refractivity contribution in [3.8, 4) is 0 Å². The van der Waals surface area contributed by atoms with Crippen LogP contribution in [0.5, 0.6) is 0 Å². The molecule has 0 N–H and O–H groups in total. The predicted octanol–water partition coefficient (Wildman–Crippen LogP) is 6.91. The standard InChI is InChI=1S/C24H44O4/c1-4-6-7-8-9-10-11-12-13-14-15-16-17-18-19-20-24(26)27-21-22(3)28-23(25)5-2/h5,22H,2,4,6-21H2,1,3H3. The summed E-state index contributed by atoms with van der Waals surface area (Å²) < 4.78 is 10.1. The molecule has 4 heteroatoms. The molecular formula is C24H44O4. The largest absolute Gasteiger partial charge is 0.462 e. The Morgan fingerprint density at radius 3 is 1.64 bits per heavy atom. The SMILES string of the molecule is C=CC(=O)OC(C)COC(=O)CCCCCCCCCCCCCCCCC. The number of ether oxygens (including phenoxy) is 2. The molecule has 0 saturated carbocycles. The van der Waals surface area contributed by atoms with E-state index in [0.29, 0.717) is 6.42 Å². The van der Waals surface area contributed by atoms with Crippen molar-refractivity contribution < 1.29 is 19.1 Å². The molecule has 28 heavy (non-hydrogen) atoms. The highest BCUT2D eigenvalue weighted by atomic mass is 16.6. The van der Waals surface area contributed by atoms with Crippen LogP contribution in [0.4, 0.5) is 0 Å². The Bertz CT molecular complexity index is 392. The molecule has 0 aromatic carbocycles. The molecule has 0 fully saturated rings. The van der Waals surface area contributed by atoms with Gasteiger partial charge < -0.3 is 9.47 Å². The van der Waals surface area contributed by atoms with Crippen LogP contribution >= 0.6 is 0 Å². The van der Waals surface area contributed by atoms with Gasteiger partial charge in [-0.05, 0) is 13.3 Å². The second-order valence-corrected chi connectivity index (χ2v) is 7.83. The van der Waals surface area contributed by atoms with E-state index in [1.807, 2.05) is 0 Å². The molecule has 0 aromatic heterocycles. The van der Waals surface area contributed by atoms with Crippen molar-refractivity contribution in [3.63, 3.8) is 0 Å². The van der Waals surface area contributed by atoms with Crippen LogP contribution in [0.25, 0.3) is 0 Å². The van der Waals surface area contributed by atoms with Crippen LogP contribution in [0, 0.1) is 0 Å². The maximum Gasteiger partial charge on any atom is 0.330 e. The quantitative estimate of drug-likeness (QED) is 0.127. The molecule has 0 aliphatic carbocycles. The van der Waals surface area contributed by atoms with Gasteiger partial charge in [0.15, 0.2) is 0 Å². The van der Waals surface area contributed by atoms with E-state index < -0.39 is 12.1 Å². The number of hydrogen-bond acceptors (Lipinski definition) is 4. The minimum atomic E-state index is -0.494.